The standard InChI is InChI=1S/C15H14N2O2/c1-11-7-5-6-10-13(11)14(18)17-15(19)16-12-8-3-2-4-9-12/h2-10H,1H3,(H2,16,17,18,19). The van der Waals surface area contributed by atoms with Crippen LogP contribution in [0.3, 0.4) is 0 Å². The van der Waals surface area contributed by atoms with E-state index in [0.717, 1.165) is 5.56 Å². The van der Waals surface area contributed by atoms with Gasteiger partial charge in [-0.05, 0) is 30.7 Å². The number of amides is 3. The third-order valence-corrected chi connectivity index (χ3v) is 2.65. The van der Waals surface area contributed by atoms with Crippen LogP contribution >= 0.6 is 0 Å². The molecular formula is C15H14N2O2. The van der Waals surface area contributed by atoms with Gasteiger partial charge in [-0.25, -0.2) is 4.79 Å². The fourth-order valence-electron chi connectivity index (χ4n) is 1.68. The van der Waals surface area contributed by atoms with Crippen molar-refractivity contribution in [2.75, 3.05) is 5.32 Å². The van der Waals surface area contributed by atoms with Crippen molar-refractivity contribution in [2.45, 2.75) is 6.92 Å². The van der Waals surface area contributed by atoms with Crippen molar-refractivity contribution in [1.29, 1.82) is 0 Å². The predicted molar refractivity (Wildman–Crippen MR) is 74.1 cm³/mol. The van der Waals surface area contributed by atoms with E-state index in [4.69, 9.17) is 0 Å². The van der Waals surface area contributed by atoms with Gasteiger partial charge in [0.05, 0.1) is 0 Å². The first-order valence-corrected chi connectivity index (χ1v) is 5.90. The van der Waals surface area contributed by atoms with Crippen molar-refractivity contribution in [1.82, 2.24) is 5.32 Å². The number of hydrogen-bond acceptors (Lipinski definition) is 2. The molecule has 0 saturated heterocycles. The maximum Gasteiger partial charge on any atom is 0.326 e. The van der Waals surface area contributed by atoms with Gasteiger partial charge in [-0.2, -0.15) is 0 Å². The molecule has 3 amide bonds. The molecule has 2 aromatic rings. The van der Waals surface area contributed by atoms with Crippen LogP contribution in [-0.2, 0) is 0 Å². The van der Waals surface area contributed by atoms with Crippen molar-refractivity contribution in [3.8, 4) is 0 Å². The summed E-state index contributed by atoms with van der Waals surface area (Å²) in [6.07, 6.45) is 0. The van der Waals surface area contributed by atoms with Gasteiger partial charge >= 0.3 is 6.03 Å². The quantitative estimate of drug-likeness (QED) is 0.865. The average Bonchev–Trinajstić information content (AvgIpc) is 2.40. The number of aryl methyl sites for hydroxylation is 1. The number of carbonyl (C=O) groups excluding carboxylic acids is 2. The molecule has 96 valence electrons. The highest BCUT2D eigenvalue weighted by Crippen LogP contribution is 2.07. The van der Waals surface area contributed by atoms with Crippen molar-refractivity contribution in [3.05, 3.63) is 65.7 Å². The topological polar surface area (TPSA) is 58.2 Å². The molecule has 19 heavy (non-hydrogen) atoms. The highest BCUT2D eigenvalue weighted by molar-refractivity contribution is 6.08. The second-order valence-corrected chi connectivity index (χ2v) is 4.09. The number of rotatable bonds is 2. The zero-order valence-electron chi connectivity index (χ0n) is 10.5. The Morgan fingerprint density at radius 1 is 0.895 bits per heavy atom. The number of benzene rings is 2. The number of nitrogens with one attached hydrogen (secondary N) is 2. The van der Waals surface area contributed by atoms with Crippen LogP contribution in [0, 0.1) is 6.92 Å². The van der Waals surface area contributed by atoms with Gasteiger partial charge in [-0.15, -0.1) is 0 Å². The molecule has 0 spiro atoms. The van der Waals surface area contributed by atoms with E-state index >= 15 is 0 Å². The summed E-state index contributed by atoms with van der Waals surface area (Å²) in [5, 5.41) is 4.89. The summed E-state index contributed by atoms with van der Waals surface area (Å²) in [6.45, 7) is 1.82. The molecule has 0 aliphatic rings. The summed E-state index contributed by atoms with van der Waals surface area (Å²) in [6, 6.07) is 15.5. The average molecular weight is 254 g/mol. The van der Waals surface area contributed by atoms with Gasteiger partial charge in [0.1, 0.15) is 0 Å². The van der Waals surface area contributed by atoms with Gasteiger partial charge in [0.15, 0.2) is 0 Å². The Balaban J connectivity index is 2.00. The molecule has 0 aliphatic carbocycles. The lowest BCUT2D eigenvalue weighted by Gasteiger charge is -2.08. The highest BCUT2D eigenvalue weighted by atomic mass is 16.2. The summed E-state index contributed by atoms with van der Waals surface area (Å²) >= 11 is 0. The van der Waals surface area contributed by atoms with Crippen molar-refractivity contribution in [3.63, 3.8) is 0 Å². The molecule has 0 saturated carbocycles. The molecule has 2 rings (SSSR count). The lowest BCUT2D eigenvalue weighted by Crippen LogP contribution is -2.34. The normalized spacial score (nSPS) is 9.74. The van der Waals surface area contributed by atoms with E-state index in [1.807, 2.05) is 25.1 Å². The Morgan fingerprint density at radius 2 is 1.53 bits per heavy atom. The van der Waals surface area contributed by atoms with Crippen LogP contribution in [-0.4, -0.2) is 11.9 Å². The van der Waals surface area contributed by atoms with Crippen LogP contribution in [0.4, 0.5) is 10.5 Å². The molecule has 0 bridgehead atoms. The lowest BCUT2D eigenvalue weighted by molar-refractivity contribution is 0.0966. The van der Waals surface area contributed by atoms with Crippen molar-refractivity contribution < 1.29 is 9.59 Å². The molecule has 0 aromatic heterocycles. The molecule has 0 fully saturated rings. The third kappa shape index (κ3) is 3.42. The smallest absolute Gasteiger partial charge is 0.308 e. The summed E-state index contributed by atoms with van der Waals surface area (Å²) in [4.78, 5) is 23.6. The fourth-order valence-corrected chi connectivity index (χ4v) is 1.68. The Hall–Kier alpha value is -2.62. The molecule has 4 nitrogen and oxygen atoms in total. The highest BCUT2D eigenvalue weighted by Gasteiger charge is 2.11. The second-order valence-electron chi connectivity index (χ2n) is 4.09. The largest absolute Gasteiger partial charge is 0.326 e. The Kier molecular flexibility index (Phi) is 3.93. The maximum absolute atomic E-state index is 11.9. The number of urea groups is 1. The van der Waals surface area contributed by atoms with Gasteiger partial charge in [-0.3, -0.25) is 10.1 Å². The molecule has 2 N–H and O–H groups in total. The summed E-state index contributed by atoms with van der Waals surface area (Å²) < 4.78 is 0. The van der Waals surface area contributed by atoms with Gasteiger partial charge < -0.3 is 5.32 Å². The number of anilines is 1. The summed E-state index contributed by atoms with van der Waals surface area (Å²) in [5.41, 5.74) is 1.95. The summed E-state index contributed by atoms with van der Waals surface area (Å²) in [7, 11) is 0. The number of hydrogen-bond donors (Lipinski definition) is 2. The van der Waals surface area contributed by atoms with E-state index < -0.39 is 11.9 Å². The van der Waals surface area contributed by atoms with Crippen LogP contribution in [0.15, 0.2) is 54.6 Å². The van der Waals surface area contributed by atoms with Crippen LogP contribution in [0.1, 0.15) is 15.9 Å². The van der Waals surface area contributed by atoms with Gasteiger partial charge in [-0.1, -0.05) is 36.4 Å². The van der Waals surface area contributed by atoms with Crippen LogP contribution in [0.5, 0.6) is 0 Å². The maximum atomic E-state index is 11.9. The van der Waals surface area contributed by atoms with Crippen molar-refractivity contribution in [2.24, 2.45) is 0 Å². The first kappa shape index (κ1) is 12.8. The predicted octanol–water partition coefficient (Wildman–Crippen LogP) is 2.96. The molecule has 0 atom stereocenters. The van der Waals surface area contributed by atoms with Crippen LogP contribution in [0.25, 0.3) is 0 Å². The fraction of sp³-hybridized carbons (Fsp3) is 0.0667. The van der Waals surface area contributed by atoms with E-state index in [0.29, 0.717) is 11.3 Å². The van der Waals surface area contributed by atoms with Crippen LogP contribution in [0.2, 0.25) is 0 Å². The minimum absolute atomic E-state index is 0.411. The minimum Gasteiger partial charge on any atom is -0.308 e. The van der Waals surface area contributed by atoms with Crippen molar-refractivity contribution >= 4 is 17.6 Å². The zero-order valence-corrected chi connectivity index (χ0v) is 10.5. The molecule has 0 heterocycles. The SMILES string of the molecule is Cc1ccccc1C(=O)NC(=O)Nc1ccccc1. The Bertz CT molecular complexity index is 594. The minimum atomic E-state index is -0.542. The lowest BCUT2D eigenvalue weighted by atomic mass is 10.1. The summed E-state index contributed by atoms with van der Waals surface area (Å²) in [5.74, 6) is -0.411. The Labute approximate surface area is 111 Å². The second kappa shape index (κ2) is 5.82. The molecular weight excluding hydrogens is 240 g/mol. The van der Waals surface area contributed by atoms with Gasteiger partial charge in [0.25, 0.3) is 5.91 Å². The van der Waals surface area contributed by atoms with Gasteiger partial charge in [0.2, 0.25) is 0 Å². The number of para-hydroxylation sites is 1. The molecule has 0 aliphatic heterocycles. The molecule has 2 aromatic carbocycles. The zero-order chi connectivity index (χ0) is 13.7. The monoisotopic (exact) mass is 254 g/mol. The van der Waals surface area contributed by atoms with E-state index in [1.165, 1.54) is 0 Å². The van der Waals surface area contributed by atoms with Crippen LogP contribution < -0.4 is 10.6 Å². The molecule has 0 radical (unpaired) electrons. The number of carbonyl (C=O) groups is 2. The van der Waals surface area contributed by atoms with Gasteiger partial charge in [0, 0.05) is 11.3 Å². The molecule has 0 unspecified atom stereocenters. The number of imide groups is 1. The Morgan fingerprint density at radius 3 is 2.21 bits per heavy atom. The van der Waals surface area contributed by atoms with E-state index in [-0.39, 0.29) is 0 Å². The van der Waals surface area contributed by atoms with E-state index in [2.05, 4.69) is 10.6 Å². The van der Waals surface area contributed by atoms with E-state index in [9.17, 15) is 9.59 Å². The first-order chi connectivity index (χ1) is 9.16. The molecule has 4 heteroatoms. The third-order valence-electron chi connectivity index (χ3n) is 2.65. The first-order valence-electron chi connectivity index (χ1n) is 5.90. The van der Waals surface area contributed by atoms with E-state index in [1.54, 1.807) is 36.4 Å².